The van der Waals surface area contributed by atoms with Crippen molar-refractivity contribution in [1.82, 2.24) is 36.9 Å². The quantitative estimate of drug-likeness (QED) is 0.0226. The molecule has 0 aliphatic rings. The van der Waals surface area contributed by atoms with Gasteiger partial charge in [-0.25, -0.2) is 4.79 Å². The maximum Gasteiger partial charge on any atom is 0.327 e. The number of carboxylic acids is 1. The van der Waals surface area contributed by atoms with E-state index >= 15 is 0 Å². The molecule has 59 heavy (non-hydrogen) atoms. The Morgan fingerprint density at radius 2 is 1.46 bits per heavy atom. The van der Waals surface area contributed by atoms with Crippen LogP contribution in [0.2, 0.25) is 0 Å². The molecule has 21 heteroatoms. The number of nitrogens with zero attached hydrogens (tertiary/aromatic N) is 1. The van der Waals surface area contributed by atoms with Gasteiger partial charge in [-0.15, -0.1) is 0 Å². The SMILES string of the molecule is CC[C@H](C)[C@H](NC(=O)[C@@H](N)[C@@H](C)O)C(=O)N[C@@H](CC(C)C)C(=O)NCC(=O)N[C@@H](CCCN=C(N)N)C(=O)N[C@@H](Cc1c[nH]c2ccccc12)C(=O)N[C@@H](CS)C(=O)O. The van der Waals surface area contributed by atoms with E-state index in [2.05, 4.69) is 54.5 Å². The highest BCUT2D eigenvalue weighted by Gasteiger charge is 2.33. The van der Waals surface area contributed by atoms with Crippen LogP contribution in [0, 0.1) is 11.8 Å². The van der Waals surface area contributed by atoms with Gasteiger partial charge in [-0.05, 0) is 49.7 Å². The zero-order valence-corrected chi connectivity index (χ0v) is 35.0. The second kappa shape index (κ2) is 24.5. The van der Waals surface area contributed by atoms with Crippen LogP contribution in [-0.4, -0.2) is 124 Å². The standard InChI is InChI=1S/C38H61N11O9S/c1-6-20(4)31(49-35(55)30(39)21(5)50)36(56)47-26(14-19(2)3)32(52)44-17-29(51)45-25(12-9-13-42-38(40)41)33(53)46-27(34(54)48-28(18-59)37(57)58)15-22-16-43-24-11-8-7-10-23(22)24/h7-8,10-11,16,19-21,25-28,30-31,43,50,59H,6,9,12-15,17-18,39H2,1-5H3,(H,44,52)(H,45,51)(H,46,53)(H,47,56)(H,48,54)(H,49,55)(H,57,58)(H4,40,41,42)/t20-,21+,25-,26-,27-,28-,30-,31-/m0/s1. The van der Waals surface area contributed by atoms with Gasteiger partial charge in [-0.3, -0.25) is 33.8 Å². The Balaban J connectivity index is 2.28. The minimum Gasteiger partial charge on any atom is -0.480 e. The van der Waals surface area contributed by atoms with Crippen LogP contribution < -0.4 is 49.1 Å². The molecule has 8 atom stereocenters. The molecular weight excluding hydrogens is 787 g/mol. The molecule has 0 unspecified atom stereocenters. The first-order chi connectivity index (χ1) is 27.8. The van der Waals surface area contributed by atoms with Gasteiger partial charge in [0.05, 0.1) is 12.6 Å². The van der Waals surface area contributed by atoms with Crippen LogP contribution in [0.25, 0.3) is 10.9 Å². The maximum absolute atomic E-state index is 13.9. The van der Waals surface area contributed by atoms with Gasteiger partial charge in [-0.2, -0.15) is 12.6 Å². The Morgan fingerprint density at radius 1 is 0.831 bits per heavy atom. The van der Waals surface area contributed by atoms with Crippen LogP contribution in [0.1, 0.15) is 65.9 Å². The van der Waals surface area contributed by atoms with Crippen molar-refractivity contribution in [3.8, 4) is 0 Å². The van der Waals surface area contributed by atoms with Gasteiger partial charge in [-0.1, -0.05) is 52.3 Å². The van der Waals surface area contributed by atoms with Gasteiger partial charge in [0.2, 0.25) is 35.4 Å². The number of thiol groups is 1. The number of aliphatic imine (C=N–C) groups is 1. The van der Waals surface area contributed by atoms with Crippen molar-refractivity contribution in [1.29, 1.82) is 0 Å². The van der Waals surface area contributed by atoms with Crippen LogP contribution in [0.15, 0.2) is 35.5 Å². The maximum atomic E-state index is 13.9. The molecule has 0 saturated heterocycles. The van der Waals surface area contributed by atoms with E-state index < -0.39 is 90.3 Å². The van der Waals surface area contributed by atoms with Gasteiger partial charge in [0.25, 0.3) is 0 Å². The van der Waals surface area contributed by atoms with Crippen molar-refractivity contribution in [2.24, 2.45) is 34.0 Å². The number of para-hydroxylation sites is 1. The summed E-state index contributed by atoms with van der Waals surface area (Å²) in [4.78, 5) is 99.0. The number of H-pyrrole nitrogens is 1. The van der Waals surface area contributed by atoms with E-state index in [4.69, 9.17) is 17.2 Å². The van der Waals surface area contributed by atoms with E-state index in [-0.39, 0.29) is 55.8 Å². The lowest BCUT2D eigenvalue weighted by Gasteiger charge is -2.28. The van der Waals surface area contributed by atoms with Gasteiger partial charge < -0.3 is 64.3 Å². The fourth-order valence-electron chi connectivity index (χ4n) is 5.90. The average Bonchev–Trinajstić information content (AvgIpc) is 3.59. The molecule has 20 nitrogen and oxygen atoms in total. The van der Waals surface area contributed by atoms with Crippen LogP contribution in [0.5, 0.6) is 0 Å². The normalized spacial score (nSPS) is 15.3. The number of carbonyl (C=O) groups is 7. The topological polar surface area (TPSA) is 338 Å². The van der Waals surface area contributed by atoms with Crippen LogP contribution in [0.3, 0.4) is 0 Å². The average molecular weight is 848 g/mol. The number of carboxylic acid groups (broad SMARTS) is 1. The molecule has 1 heterocycles. The number of aliphatic hydroxyl groups excluding tert-OH is 1. The molecule has 6 amide bonds. The van der Waals surface area contributed by atoms with E-state index in [1.807, 2.05) is 39.0 Å². The third-order valence-electron chi connectivity index (χ3n) is 9.51. The van der Waals surface area contributed by atoms with Crippen molar-refractivity contribution in [3.05, 3.63) is 36.0 Å². The number of benzene rings is 1. The summed E-state index contributed by atoms with van der Waals surface area (Å²) in [6.07, 6.45) is 1.29. The number of carbonyl (C=O) groups excluding carboxylic acids is 6. The molecule has 0 spiro atoms. The summed E-state index contributed by atoms with van der Waals surface area (Å²) in [5.41, 5.74) is 18.1. The number of amides is 6. The van der Waals surface area contributed by atoms with Crippen molar-refractivity contribution in [3.63, 3.8) is 0 Å². The van der Waals surface area contributed by atoms with E-state index in [9.17, 15) is 43.8 Å². The summed E-state index contributed by atoms with van der Waals surface area (Å²) in [5.74, 6) is -6.70. The lowest BCUT2D eigenvalue weighted by Crippen LogP contribution is -2.59. The highest BCUT2D eigenvalue weighted by Crippen LogP contribution is 2.20. The minimum atomic E-state index is -1.36. The number of rotatable bonds is 25. The zero-order chi connectivity index (χ0) is 44.4. The van der Waals surface area contributed by atoms with Crippen LogP contribution >= 0.6 is 12.6 Å². The molecule has 328 valence electrons. The first-order valence-electron chi connectivity index (χ1n) is 19.5. The highest BCUT2D eigenvalue weighted by molar-refractivity contribution is 7.80. The molecule has 0 fully saturated rings. The van der Waals surface area contributed by atoms with E-state index in [0.717, 1.165) is 10.9 Å². The molecule has 1 aromatic heterocycles. The number of hydrogen-bond donors (Lipinski definition) is 13. The molecule has 0 saturated carbocycles. The van der Waals surface area contributed by atoms with Crippen LogP contribution in [0.4, 0.5) is 0 Å². The lowest BCUT2D eigenvalue weighted by molar-refractivity contribution is -0.141. The predicted molar refractivity (Wildman–Crippen MR) is 225 cm³/mol. The smallest absolute Gasteiger partial charge is 0.327 e. The molecular formula is C38H61N11O9S. The number of guanidine groups is 1. The molecule has 0 bridgehead atoms. The lowest BCUT2D eigenvalue weighted by atomic mass is 9.96. The summed E-state index contributed by atoms with van der Waals surface area (Å²) in [6.45, 7) is 8.02. The summed E-state index contributed by atoms with van der Waals surface area (Å²) in [5, 5.41) is 35.4. The fraction of sp³-hybridized carbons (Fsp3) is 0.579. The number of nitrogens with one attached hydrogen (secondary N) is 7. The molecule has 15 N–H and O–H groups in total. The number of hydrogen-bond acceptors (Lipinski definition) is 11. The number of aliphatic carboxylic acids is 1. The Bertz CT molecular complexity index is 1780. The number of nitrogens with two attached hydrogens (primary N) is 3. The number of aromatic amines is 1. The molecule has 0 aliphatic carbocycles. The minimum absolute atomic E-state index is 0.00835. The van der Waals surface area contributed by atoms with Gasteiger partial charge in [0.15, 0.2) is 5.96 Å². The third-order valence-corrected chi connectivity index (χ3v) is 9.87. The van der Waals surface area contributed by atoms with E-state index in [1.54, 1.807) is 19.2 Å². The van der Waals surface area contributed by atoms with Crippen molar-refractivity contribution >= 4 is 70.9 Å². The number of aliphatic hydroxyl groups is 1. The van der Waals surface area contributed by atoms with Gasteiger partial charge >= 0.3 is 5.97 Å². The second-order valence-electron chi connectivity index (χ2n) is 14.8. The summed E-state index contributed by atoms with van der Waals surface area (Å²) >= 11 is 4.02. The molecule has 1 aromatic carbocycles. The Labute approximate surface area is 348 Å². The largest absolute Gasteiger partial charge is 0.480 e. The Morgan fingerprint density at radius 3 is 2.05 bits per heavy atom. The first kappa shape index (κ1) is 49.7. The summed E-state index contributed by atoms with van der Waals surface area (Å²) in [7, 11) is 0. The molecule has 0 radical (unpaired) electrons. The zero-order valence-electron chi connectivity index (χ0n) is 34.1. The monoisotopic (exact) mass is 847 g/mol. The predicted octanol–water partition coefficient (Wildman–Crippen LogP) is -1.88. The second-order valence-corrected chi connectivity index (χ2v) is 15.2. The molecule has 2 rings (SSSR count). The van der Waals surface area contributed by atoms with Gasteiger partial charge in [0, 0.05) is 35.8 Å². The van der Waals surface area contributed by atoms with Crippen molar-refractivity contribution in [2.75, 3.05) is 18.8 Å². The molecule has 0 aliphatic heterocycles. The number of aromatic nitrogens is 1. The van der Waals surface area contributed by atoms with E-state index in [0.29, 0.717) is 12.0 Å². The van der Waals surface area contributed by atoms with Crippen LogP contribution in [-0.2, 0) is 40.0 Å². The van der Waals surface area contributed by atoms with Crippen molar-refractivity contribution < 1.29 is 43.8 Å². The molecule has 2 aromatic rings. The van der Waals surface area contributed by atoms with E-state index in [1.165, 1.54) is 6.92 Å². The Hall–Kier alpha value is -5.41. The summed E-state index contributed by atoms with van der Waals surface area (Å²) in [6, 6.07) is -0.159. The van der Waals surface area contributed by atoms with Crippen molar-refractivity contribution in [2.45, 2.75) is 109 Å². The fourth-order valence-corrected chi connectivity index (χ4v) is 6.15. The van der Waals surface area contributed by atoms with Gasteiger partial charge in [0.1, 0.15) is 36.3 Å². The number of fused-ring (bicyclic) bond motifs is 1. The summed E-state index contributed by atoms with van der Waals surface area (Å²) < 4.78 is 0. The highest BCUT2D eigenvalue weighted by atomic mass is 32.1. The Kier molecular flexibility index (Phi) is 20.6. The third kappa shape index (κ3) is 16.4. The first-order valence-corrected chi connectivity index (χ1v) is 20.1.